The maximum absolute atomic E-state index is 13.2. The summed E-state index contributed by atoms with van der Waals surface area (Å²) in [5.41, 5.74) is 3.57. The molecule has 7 heteroatoms. The van der Waals surface area contributed by atoms with Crippen molar-refractivity contribution in [1.82, 2.24) is 9.80 Å². The Kier molecular flexibility index (Phi) is 6.09. The largest absolute Gasteiger partial charge is 0.492 e. The van der Waals surface area contributed by atoms with Crippen molar-refractivity contribution in [1.29, 1.82) is 0 Å². The summed E-state index contributed by atoms with van der Waals surface area (Å²) < 4.78 is 19.4. The highest BCUT2D eigenvalue weighted by Crippen LogP contribution is 2.34. The fourth-order valence-corrected chi connectivity index (χ4v) is 5.55. The van der Waals surface area contributed by atoms with Gasteiger partial charge in [-0.25, -0.2) is 4.39 Å². The van der Waals surface area contributed by atoms with Crippen molar-refractivity contribution in [2.75, 3.05) is 50.8 Å². The third kappa shape index (κ3) is 4.44. The fraction of sp³-hybridized carbons (Fsp3) is 0.379. The van der Waals surface area contributed by atoms with Crippen LogP contribution in [0, 0.1) is 12.7 Å². The highest BCUT2D eigenvalue weighted by atomic mass is 19.1. The molecule has 0 N–H and O–H groups in total. The number of aryl methyl sites for hydroxylation is 1. The molecule has 3 heterocycles. The maximum Gasteiger partial charge on any atom is 0.256 e. The molecule has 0 spiro atoms. The predicted octanol–water partition coefficient (Wildman–Crippen LogP) is 4.81. The number of carbonyl (C=O) groups is 1. The lowest BCUT2D eigenvalue weighted by Gasteiger charge is -2.36. The Labute approximate surface area is 211 Å². The van der Waals surface area contributed by atoms with Crippen LogP contribution in [0.25, 0.3) is 10.8 Å². The summed E-state index contributed by atoms with van der Waals surface area (Å²) >= 11 is 0. The van der Waals surface area contributed by atoms with E-state index in [4.69, 9.17) is 4.74 Å². The van der Waals surface area contributed by atoms with Gasteiger partial charge in [0.2, 0.25) is 0 Å². The number of hydrogen-bond acceptors (Lipinski definition) is 5. The number of nitrogens with zero attached hydrogens (tertiary/aromatic N) is 4. The summed E-state index contributed by atoms with van der Waals surface area (Å²) in [5, 5.41) is 2.07. The van der Waals surface area contributed by atoms with Gasteiger partial charge in [-0.1, -0.05) is 0 Å². The van der Waals surface area contributed by atoms with Crippen molar-refractivity contribution < 1.29 is 13.9 Å². The van der Waals surface area contributed by atoms with Crippen LogP contribution in [0.3, 0.4) is 0 Å². The number of piperazine rings is 1. The molecule has 0 unspecified atom stereocenters. The second-order valence-corrected chi connectivity index (χ2v) is 9.97. The van der Waals surface area contributed by atoms with E-state index < -0.39 is 0 Å². The Balaban J connectivity index is 1.10. The zero-order chi connectivity index (χ0) is 24.6. The fourth-order valence-electron chi connectivity index (χ4n) is 5.55. The number of fused-ring (bicyclic) bond motifs is 3. The molecule has 186 valence electrons. The molecule has 1 amide bonds. The number of ether oxygens (including phenoxy) is 1. The van der Waals surface area contributed by atoms with Gasteiger partial charge in [0.15, 0.2) is 0 Å². The van der Waals surface area contributed by atoms with Gasteiger partial charge in [-0.15, -0.1) is 0 Å². The van der Waals surface area contributed by atoms with Crippen LogP contribution in [0.5, 0.6) is 5.75 Å². The molecule has 1 atom stereocenters. The van der Waals surface area contributed by atoms with E-state index in [1.54, 1.807) is 0 Å². The third-order valence-electron chi connectivity index (χ3n) is 7.65. The van der Waals surface area contributed by atoms with Crippen LogP contribution in [0.1, 0.15) is 28.8 Å². The van der Waals surface area contributed by atoms with E-state index in [-0.39, 0.29) is 17.8 Å². The van der Waals surface area contributed by atoms with Crippen LogP contribution in [0.4, 0.5) is 15.8 Å². The normalized spacial score (nSPS) is 19.9. The first-order valence-electron chi connectivity index (χ1n) is 12.8. The van der Waals surface area contributed by atoms with Gasteiger partial charge in [0.25, 0.3) is 5.91 Å². The van der Waals surface area contributed by atoms with E-state index in [1.807, 2.05) is 35.4 Å². The van der Waals surface area contributed by atoms with E-state index in [9.17, 15) is 9.18 Å². The molecule has 2 fully saturated rings. The summed E-state index contributed by atoms with van der Waals surface area (Å²) in [5.74, 6) is 0.761. The highest BCUT2D eigenvalue weighted by Gasteiger charge is 2.31. The Morgan fingerprint density at radius 3 is 2.58 bits per heavy atom. The SMILES string of the molecule is Cc1cc2cc3c(cc2cc1OCCN1CCN(c2ccc(F)cc2)CC1)N=C[C@@H]1CCCN1C3=O. The zero-order valence-corrected chi connectivity index (χ0v) is 20.6. The molecule has 0 radical (unpaired) electrons. The lowest BCUT2D eigenvalue weighted by Crippen LogP contribution is -2.47. The molecule has 3 aromatic carbocycles. The van der Waals surface area contributed by atoms with E-state index in [1.165, 1.54) is 12.1 Å². The van der Waals surface area contributed by atoms with Crippen molar-refractivity contribution in [2.24, 2.45) is 4.99 Å². The molecular weight excluding hydrogens is 455 g/mol. The second-order valence-electron chi connectivity index (χ2n) is 9.97. The molecular formula is C29H31FN4O2. The average molecular weight is 487 g/mol. The van der Waals surface area contributed by atoms with Crippen LogP contribution < -0.4 is 9.64 Å². The Hall–Kier alpha value is -3.45. The van der Waals surface area contributed by atoms with Crippen molar-refractivity contribution in [2.45, 2.75) is 25.8 Å². The monoisotopic (exact) mass is 486 g/mol. The number of carbonyl (C=O) groups excluding carboxylic acids is 1. The Bertz CT molecular complexity index is 1320. The first-order valence-corrected chi connectivity index (χ1v) is 12.8. The predicted molar refractivity (Wildman–Crippen MR) is 141 cm³/mol. The van der Waals surface area contributed by atoms with Gasteiger partial charge in [-0.2, -0.15) is 0 Å². The van der Waals surface area contributed by atoms with Crippen molar-refractivity contribution in [3.8, 4) is 5.75 Å². The van der Waals surface area contributed by atoms with Crippen LogP contribution in [0.15, 0.2) is 53.5 Å². The topological polar surface area (TPSA) is 48.4 Å². The number of hydrogen-bond donors (Lipinski definition) is 0. The standard InChI is InChI=1S/C29H31FN4O2/c1-20-15-21-16-26-27(31-19-25-3-2-8-34(25)29(26)35)17-22(21)18-28(20)36-14-13-32-9-11-33(12-10-32)24-6-4-23(30)5-7-24/h4-7,15-19,25H,2-3,8-14H2,1H3/t25-/m0/s1. The van der Waals surface area contributed by atoms with Gasteiger partial charge < -0.3 is 14.5 Å². The number of benzene rings is 3. The summed E-state index contributed by atoms with van der Waals surface area (Å²) in [4.78, 5) is 24.4. The van der Waals surface area contributed by atoms with Gasteiger partial charge in [-0.05, 0) is 84.6 Å². The molecule has 2 saturated heterocycles. The number of aliphatic imine (C=N–C) groups is 1. The highest BCUT2D eigenvalue weighted by molar-refractivity contribution is 6.06. The molecule has 0 aliphatic carbocycles. The van der Waals surface area contributed by atoms with Gasteiger partial charge in [0, 0.05) is 51.2 Å². The Morgan fingerprint density at radius 1 is 1.00 bits per heavy atom. The number of amides is 1. The van der Waals surface area contributed by atoms with Crippen LogP contribution >= 0.6 is 0 Å². The summed E-state index contributed by atoms with van der Waals surface area (Å²) in [6.07, 6.45) is 3.96. The molecule has 3 aromatic rings. The van der Waals surface area contributed by atoms with E-state index in [0.717, 1.165) is 85.6 Å². The Morgan fingerprint density at radius 2 is 1.78 bits per heavy atom. The minimum Gasteiger partial charge on any atom is -0.492 e. The molecule has 0 aromatic heterocycles. The van der Waals surface area contributed by atoms with Crippen LogP contribution in [-0.4, -0.2) is 73.8 Å². The molecule has 0 bridgehead atoms. The molecule has 3 aliphatic heterocycles. The average Bonchev–Trinajstić information content (AvgIpc) is 3.32. The van der Waals surface area contributed by atoms with Gasteiger partial charge in [-0.3, -0.25) is 14.7 Å². The number of anilines is 1. The minimum atomic E-state index is -0.199. The lowest BCUT2D eigenvalue weighted by atomic mass is 10.0. The first-order chi connectivity index (χ1) is 17.5. The molecule has 3 aliphatic rings. The lowest BCUT2D eigenvalue weighted by molar-refractivity contribution is 0.0775. The van der Waals surface area contributed by atoms with Crippen LogP contribution in [0.2, 0.25) is 0 Å². The number of halogens is 1. The zero-order valence-electron chi connectivity index (χ0n) is 20.6. The molecule has 6 rings (SSSR count). The third-order valence-corrected chi connectivity index (χ3v) is 7.65. The summed E-state index contributed by atoms with van der Waals surface area (Å²) in [6.45, 7) is 8.07. The second kappa shape index (κ2) is 9.54. The smallest absolute Gasteiger partial charge is 0.256 e. The molecule has 6 nitrogen and oxygen atoms in total. The van der Waals surface area contributed by atoms with E-state index in [0.29, 0.717) is 12.2 Å². The van der Waals surface area contributed by atoms with Gasteiger partial charge in [0.1, 0.15) is 18.2 Å². The summed E-state index contributed by atoms with van der Waals surface area (Å²) in [7, 11) is 0. The summed E-state index contributed by atoms with van der Waals surface area (Å²) in [6, 6.07) is 15.0. The van der Waals surface area contributed by atoms with Crippen LogP contribution in [-0.2, 0) is 0 Å². The van der Waals surface area contributed by atoms with Gasteiger partial charge in [0.05, 0.1) is 17.3 Å². The van der Waals surface area contributed by atoms with Gasteiger partial charge >= 0.3 is 0 Å². The van der Waals surface area contributed by atoms with Crippen molar-refractivity contribution in [3.63, 3.8) is 0 Å². The minimum absolute atomic E-state index is 0.0874. The van der Waals surface area contributed by atoms with E-state index in [2.05, 4.69) is 33.8 Å². The molecule has 36 heavy (non-hydrogen) atoms. The van der Waals surface area contributed by atoms with Crippen molar-refractivity contribution in [3.05, 3.63) is 65.5 Å². The quantitative estimate of drug-likeness (QED) is 0.520. The van der Waals surface area contributed by atoms with E-state index >= 15 is 0 Å². The first kappa shape index (κ1) is 23.0. The molecule has 0 saturated carbocycles. The maximum atomic E-state index is 13.2. The number of rotatable bonds is 5. The van der Waals surface area contributed by atoms with Crippen molar-refractivity contribution >= 4 is 34.3 Å².